The zero-order valence-corrected chi connectivity index (χ0v) is 12.8. The highest BCUT2D eigenvalue weighted by atomic mass is 19.1. The summed E-state index contributed by atoms with van der Waals surface area (Å²) in [6, 6.07) is 12.1. The molecule has 0 unspecified atom stereocenters. The molecule has 0 radical (unpaired) electrons. The van der Waals surface area contributed by atoms with Gasteiger partial charge in [-0.15, -0.1) is 0 Å². The number of hydrogen-bond acceptors (Lipinski definition) is 3. The smallest absolute Gasteiger partial charge is 0.144 e. The van der Waals surface area contributed by atoms with Crippen molar-refractivity contribution in [2.24, 2.45) is 5.92 Å². The molecular formula is C18H19FN2O. The molecular weight excluding hydrogens is 279 g/mol. The van der Waals surface area contributed by atoms with E-state index in [4.69, 9.17) is 10.5 Å². The minimum absolute atomic E-state index is 0.0763. The Bertz CT molecular complexity index is 705. The maximum absolute atomic E-state index is 13.6. The summed E-state index contributed by atoms with van der Waals surface area (Å²) >= 11 is 0. The summed E-state index contributed by atoms with van der Waals surface area (Å²) in [5.74, 6) is 0.562. The zero-order valence-electron chi connectivity index (χ0n) is 12.8. The van der Waals surface area contributed by atoms with Crippen molar-refractivity contribution in [3.8, 4) is 11.8 Å². The SMILES string of the molecule is CC(C)Cc1cc(C#N)c(N)c(OCc2ccccc2F)c1. The quantitative estimate of drug-likeness (QED) is 0.847. The molecule has 0 saturated heterocycles. The van der Waals surface area contributed by atoms with Gasteiger partial charge in [-0.1, -0.05) is 32.0 Å². The number of hydrogen-bond donors (Lipinski definition) is 1. The first-order valence-corrected chi connectivity index (χ1v) is 7.20. The van der Waals surface area contributed by atoms with Gasteiger partial charge in [0, 0.05) is 5.56 Å². The monoisotopic (exact) mass is 298 g/mol. The van der Waals surface area contributed by atoms with Gasteiger partial charge in [0.25, 0.3) is 0 Å². The largest absolute Gasteiger partial charge is 0.487 e. The lowest BCUT2D eigenvalue weighted by molar-refractivity contribution is 0.301. The molecule has 2 aromatic rings. The Kier molecular flexibility index (Phi) is 5.00. The van der Waals surface area contributed by atoms with E-state index in [1.165, 1.54) is 6.07 Å². The Morgan fingerprint density at radius 3 is 2.64 bits per heavy atom. The highest BCUT2D eigenvalue weighted by molar-refractivity contribution is 5.64. The molecule has 0 aromatic heterocycles. The molecule has 0 aliphatic carbocycles. The standard InChI is InChI=1S/C18H19FN2O/c1-12(2)7-13-8-15(10-20)18(21)17(9-13)22-11-14-5-3-4-6-16(14)19/h3-6,8-9,12H,7,11,21H2,1-2H3. The second kappa shape index (κ2) is 6.95. The molecule has 0 bridgehead atoms. The number of nitrogens with two attached hydrogens (primary N) is 1. The second-order valence-corrected chi connectivity index (χ2v) is 5.65. The fraction of sp³-hybridized carbons (Fsp3) is 0.278. The third kappa shape index (κ3) is 3.76. The van der Waals surface area contributed by atoms with Crippen LogP contribution in [-0.2, 0) is 13.0 Å². The van der Waals surface area contributed by atoms with E-state index >= 15 is 0 Å². The Morgan fingerprint density at radius 1 is 1.27 bits per heavy atom. The molecule has 0 spiro atoms. The lowest BCUT2D eigenvalue weighted by Gasteiger charge is -2.13. The van der Waals surface area contributed by atoms with Crippen LogP contribution in [0.4, 0.5) is 10.1 Å². The van der Waals surface area contributed by atoms with E-state index in [0.29, 0.717) is 28.5 Å². The molecule has 0 fully saturated rings. The predicted octanol–water partition coefficient (Wildman–Crippen LogP) is 4.06. The molecule has 0 aliphatic rings. The molecule has 2 N–H and O–H groups in total. The number of benzene rings is 2. The summed E-state index contributed by atoms with van der Waals surface area (Å²) in [7, 11) is 0. The van der Waals surface area contributed by atoms with E-state index in [2.05, 4.69) is 19.9 Å². The highest BCUT2D eigenvalue weighted by Gasteiger charge is 2.11. The lowest BCUT2D eigenvalue weighted by atomic mass is 10.00. The molecule has 3 nitrogen and oxygen atoms in total. The minimum atomic E-state index is -0.320. The summed E-state index contributed by atoms with van der Waals surface area (Å²) in [4.78, 5) is 0. The van der Waals surface area contributed by atoms with Crippen molar-refractivity contribution < 1.29 is 9.13 Å². The molecule has 0 saturated carbocycles. The molecule has 0 aliphatic heterocycles. The van der Waals surface area contributed by atoms with Gasteiger partial charge >= 0.3 is 0 Å². The second-order valence-electron chi connectivity index (χ2n) is 5.65. The average Bonchev–Trinajstić information content (AvgIpc) is 2.48. The Labute approximate surface area is 130 Å². The minimum Gasteiger partial charge on any atom is -0.487 e. The van der Waals surface area contributed by atoms with Gasteiger partial charge in [0.15, 0.2) is 0 Å². The van der Waals surface area contributed by atoms with Crippen LogP contribution >= 0.6 is 0 Å². The van der Waals surface area contributed by atoms with Gasteiger partial charge in [-0.25, -0.2) is 4.39 Å². The topological polar surface area (TPSA) is 59.0 Å². The van der Waals surface area contributed by atoms with Crippen molar-refractivity contribution in [3.05, 3.63) is 58.9 Å². The van der Waals surface area contributed by atoms with Crippen molar-refractivity contribution in [2.75, 3.05) is 5.73 Å². The summed E-state index contributed by atoms with van der Waals surface area (Å²) in [5.41, 5.74) is 8.09. The third-order valence-electron chi connectivity index (χ3n) is 3.31. The normalized spacial score (nSPS) is 10.5. The van der Waals surface area contributed by atoms with Crippen LogP contribution in [0.5, 0.6) is 5.75 Å². The van der Waals surface area contributed by atoms with Crippen molar-refractivity contribution in [1.29, 1.82) is 5.26 Å². The van der Waals surface area contributed by atoms with Gasteiger partial charge < -0.3 is 10.5 Å². The van der Waals surface area contributed by atoms with Gasteiger partial charge in [-0.05, 0) is 36.1 Å². The fourth-order valence-corrected chi connectivity index (χ4v) is 2.26. The van der Waals surface area contributed by atoms with Gasteiger partial charge in [0.2, 0.25) is 0 Å². The van der Waals surface area contributed by atoms with Crippen LogP contribution in [0.25, 0.3) is 0 Å². The fourth-order valence-electron chi connectivity index (χ4n) is 2.26. The number of nitriles is 1. The Hall–Kier alpha value is -2.54. The number of nitrogen functional groups attached to an aromatic ring is 1. The molecule has 2 aromatic carbocycles. The first kappa shape index (κ1) is 15.8. The van der Waals surface area contributed by atoms with E-state index in [1.807, 2.05) is 6.07 Å². The maximum Gasteiger partial charge on any atom is 0.144 e. The summed E-state index contributed by atoms with van der Waals surface area (Å²) < 4.78 is 19.3. The number of anilines is 1. The molecule has 4 heteroatoms. The van der Waals surface area contributed by atoms with Crippen LogP contribution in [0, 0.1) is 23.1 Å². The Balaban J connectivity index is 2.26. The van der Waals surface area contributed by atoms with E-state index in [1.54, 1.807) is 24.3 Å². The Morgan fingerprint density at radius 2 is 2.00 bits per heavy atom. The zero-order chi connectivity index (χ0) is 16.1. The van der Waals surface area contributed by atoms with Gasteiger partial charge in [-0.2, -0.15) is 5.26 Å². The van der Waals surface area contributed by atoms with Crippen molar-refractivity contribution in [3.63, 3.8) is 0 Å². The van der Waals surface area contributed by atoms with Crippen LogP contribution in [-0.4, -0.2) is 0 Å². The molecule has 0 amide bonds. The lowest BCUT2D eigenvalue weighted by Crippen LogP contribution is -2.04. The molecule has 0 heterocycles. The summed E-state index contributed by atoms with van der Waals surface area (Å²) in [6.07, 6.45) is 0.824. The summed E-state index contributed by atoms with van der Waals surface area (Å²) in [5, 5.41) is 9.19. The average molecular weight is 298 g/mol. The van der Waals surface area contributed by atoms with Gasteiger partial charge in [-0.3, -0.25) is 0 Å². The summed E-state index contributed by atoms with van der Waals surface area (Å²) in [6.45, 7) is 4.28. The van der Waals surface area contributed by atoms with E-state index in [9.17, 15) is 9.65 Å². The molecule has 114 valence electrons. The van der Waals surface area contributed by atoms with Crippen LogP contribution in [0.1, 0.15) is 30.5 Å². The van der Waals surface area contributed by atoms with Crippen molar-refractivity contribution in [1.82, 2.24) is 0 Å². The predicted molar refractivity (Wildman–Crippen MR) is 84.8 cm³/mol. The van der Waals surface area contributed by atoms with E-state index < -0.39 is 0 Å². The molecule has 2 rings (SSSR count). The van der Waals surface area contributed by atoms with Gasteiger partial charge in [0.1, 0.15) is 24.2 Å². The van der Waals surface area contributed by atoms with E-state index in [-0.39, 0.29) is 12.4 Å². The van der Waals surface area contributed by atoms with E-state index in [0.717, 1.165) is 12.0 Å². The molecule has 0 atom stereocenters. The van der Waals surface area contributed by atoms with Crippen LogP contribution in [0.15, 0.2) is 36.4 Å². The van der Waals surface area contributed by atoms with Crippen molar-refractivity contribution >= 4 is 5.69 Å². The highest BCUT2D eigenvalue weighted by Crippen LogP contribution is 2.29. The number of halogens is 1. The number of rotatable bonds is 5. The van der Waals surface area contributed by atoms with Crippen LogP contribution in [0.3, 0.4) is 0 Å². The van der Waals surface area contributed by atoms with Crippen LogP contribution in [0.2, 0.25) is 0 Å². The third-order valence-corrected chi connectivity index (χ3v) is 3.31. The number of ether oxygens (including phenoxy) is 1. The maximum atomic E-state index is 13.6. The molecule has 22 heavy (non-hydrogen) atoms. The first-order valence-electron chi connectivity index (χ1n) is 7.20. The van der Waals surface area contributed by atoms with Crippen LogP contribution < -0.4 is 10.5 Å². The first-order chi connectivity index (χ1) is 10.5. The van der Waals surface area contributed by atoms with Crippen molar-refractivity contribution in [2.45, 2.75) is 26.9 Å². The number of nitrogens with zero attached hydrogens (tertiary/aromatic N) is 1. The van der Waals surface area contributed by atoms with Gasteiger partial charge in [0.05, 0.1) is 11.3 Å².